The highest BCUT2D eigenvalue weighted by molar-refractivity contribution is 7.89. The van der Waals surface area contributed by atoms with E-state index in [1.807, 2.05) is 4.72 Å². The van der Waals surface area contributed by atoms with Gasteiger partial charge < -0.3 is 9.80 Å². The highest BCUT2D eigenvalue weighted by Gasteiger charge is 2.33. The molecule has 3 rings (SSSR count). The van der Waals surface area contributed by atoms with Crippen LogP contribution in [0.25, 0.3) is 0 Å². The van der Waals surface area contributed by atoms with Crippen LogP contribution < -0.4 is 9.62 Å². The van der Waals surface area contributed by atoms with E-state index < -0.39 is 50.9 Å². The van der Waals surface area contributed by atoms with Crippen LogP contribution in [0.15, 0.2) is 53.4 Å². The van der Waals surface area contributed by atoms with Crippen LogP contribution in [0.2, 0.25) is 0 Å². The standard InChI is InChI=1S/C20H19F6N3O3S/c21-19(22,23)14-3-1-5-16(11-14)28-7-9-29(10-8-28)18(30)13-27-33(31,32)17-6-2-4-15(12-17)20(24,25)26/h1-6,11-12,27H,7-10,13H2. The molecule has 1 aliphatic rings. The Labute approximate surface area is 185 Å². The molecule has 0 aliphatic carbocycles. The van der Waals surface area contributed by atoms with E-state index in [1.54, 1.807) is 4.90 Å². The monoisotopic (exact) mass is 495 g/mol. The van der Waals surface area contributed by atoms with Gasteiger partial charge in [0.25, 0.3) is 0 Å². The highest BCUT2D eigenvalue weighted by Crippen LogP contribution is 2.32. The van der Waals surface area contributed by atoms with Crippen molar-refractivity contribution in [2.75, 3.05) is 37.6 Å². The summed E-state index contributed by atoms with van der Waals surface area (Å²) < 4.78 is 104. The number of sulfonamides is 1. The molecule has 1 fully saturated rings. The van der Waals surface area contributed by atoms with Crippen LogP contribution in [-0.2, 0) is 27.2 Å². The lowest BCUT2D eigenvalue weighted by Crippen LogP contribution is -2.51. The molecule has 0 radical (unpaired) electrons. The van der Waals surface area contributed by atoms with E-state index in [9.17, 15) is 39.6 Å². The number of nitrogens with zero attached hydrogens (tertiary/aromatic N) is 2. The minimum atomic E-state index is -4.72. The molecule has 0 saturated carbocycles. The fraction of sp³-hybridized carbons (Fsp3) is 0.350. The molecule has 2 aromatic rings. The van der Waals surface area contributed by atoms with Gasteiger partial charge in [0.1, 0.15) is 0 Å². The highest BCUT2D eigenvalue weighted by atomic mass is 32.2. The van der Waals surface area contributed by atoms with E-state index in [2.05, 4.69) is 0 Å². The molecule has 180 valence electrons. The number of amides is 1. The van der Waals surface area contributed by atoms with E-state index in [-0.39, 0.29) is 26.2 Å². The number of hydrogen-bond donors (Lipinski definition) is 1. The van der Waals surface area contributed by atoms with Gasteiger partial charge in [0.05, 0.1) is 22.6 Å². The van der Waals surface area contributed by atoms with Crippen LogP contribution in [0.1, 0.15) is 11.1 Å². The first-order chi connectivity index (χ1) is 15.3. The van der Waals surface area contributed by atoms with E-state index in [4.69, 9.17) is 0 Å². The molecule has 6 nitrogen and oxygen atoms in total. The summed E-state index contributed by atoms with van der Waals surface area (Å²) in [4.78, 5) is 14.8. The van der Waals surface area contributed by atoms with Crippen molar-refractivity contribution in [2.24, 2.45) is 0 Å². The van der Waals surface area contributed by atoms with Crippen LogP contribution in [0.3, 0.4) is 0 Å². The van der Waals surface area contributed by atoms with E-state index in [1.165, 1.54) is 17.0 Å². The number of nitrogens with one attached hydrogen (secondary N) is 1. The van der Waals surface area contributed by atoms with Gasteiger partial charge in [-0.05, 0) is 36.4 Å². The van der Waals surface area contributed by atoms with Crippen molar-refractivity contribution < 1.29 is 39.6 Å². The average Bonchev–Trinajstić information content (AvgIpc) is 2.77. The zero-order chi connectivity index (χ0) is 24.4. The topological polar surface area (TPSA) is 69.7 Å². The maximum atomic E-state index is 12.9. The molecule has 0 bridgehead atoms. The Kier molecular flexibility index (Phi) is 6.93. The first-order valence-electron chi connectivity index (χ1n) is 9.64. The Morgan fingerprint density at radius 2 is 1.39 bits per heavy atom. The Hall–Kier alpha value is -2.80. The number of carbonyl (C=O) groups is 1. The minimum absolute atomic E-state index is 0.139. The minimum Gasteiger partial charge on any atom is -0.368 e. The second-order valence-corrected chi connectivity index (χ2v) is 9.03. The summed E-state index contributed by atoms with van der Waals surface area (Å²) in [5.74, 6) is -0.603. The molecular weight excluding hydrogens is 476 g/mol. The summed E-state index contributed by atoms with van der Waals surface area (Å²) >= 11 is 0. The average molecular weight is 495 g/mol. The van der Waals surface area contributed by atoms with E-state index in [0.717, 1.165) is 30.3 Å². The number of halogens is 6. The van der Waals surface area contributed by atoms with Crippen LogP contribution in [0, 0.1) is 0 Å². The van der Waals surface area contributed by atoms with Crippen molar-refractivity contribution >= 4 is 21.6 Å². The van der Waals surface area contributed by atoms with E-state index in [0.29, 0.717) is 11.8 Å². The quantitative estimate of drug-likeness (QED) is 0.647. The Balaban J connectivity index is 1.58. The number of carbonyl (C=O) groups excluding carboxylic acids is 1. The van der Waals surface area contributed by atoms with Crippen molar-refractivity contribution in [1.82, 2.24) is 9.62 Å². The molecule has 1 heterocycles. The molecule has 13 heteroatoms. The zero-order valence-electron chi connectivity index (χ0n) is 16.9. The number of benzene rings is 2. The first kappa shape index (κ1) is 24.8. The first-order valence-corrected chi connectivity index (χ1v) is 11.1. The lowest BCUT2D eigenvalue weighted by atomic mass is 10.1. The largest absolute Gasteiger partial charge is 0.416 e. The van der Waals surface area contributed by atoms with Crippen molar-refractivity contribution in [2.45, 2.75) is 17.2 Å². The summed E-state index contributed by atoms with van der Waals surface area (Å²) in [6.07, 6.45) is -9.20. The van der Waals surface area contributed by atoms with Crippen LogP contribution >= 0.6 is 0 Å². The second kappa shape index (κ2) is 9.21. The Morgan fingerprint density at radius 3 is 1.97 bits per heavy atom. The van der Waals surface area contributed by atoms with Gasteiger partial charge >= 0.3 is 12.4 Å². The lowest BCUT2D eigenvalue weighted by Gasteiger charge is -2.36. The van der Waals surface area contributed by atoms with Gasteiger partial charge in [-0.3, -0.25) is 4.79 Å². The number of hydrogen-bond acceptors (Lipinski definition) is 4. The molecule has 1 aliphatic heterocycles. The van der Waals surface area contributed by atoms with Gasteiger partial charge in [0.15, 0.2) is 0 Å². The normalized spacial score (nSPS) is 15.6. The Bertz CT molecular complexity index is 1110. The molecule has 2 aromatic carbocycles. The third-order valence-corrected chi connectivity index (χ3v) is 6.45. The van der Waals surface area contributed by atoms with Crippen LogP contribution in [0.4, 0.5) is 32.0 Å². The summed E-state index contributed by atoms with van der Waals surface area (Å²) in [7, 11) is -4.36. The second-order valence-electron chi connectivity index (χ2n) is 7.27. The number of alkyl halides is 6. The van der Waals surface area contributed by atoms with Gasteiger partial charge in [-0.1, -0.05) is 12.1 Å². The fourth-order valence-electron chi connectivity index (χ4n) is 3.28. The molecule has 1 amide bonds. The van der Waals surface area contributed by atoms with Crippen molar-refractivity contribution in [3.05, 3.63) is 59.7 Å². The van der Waals surface area contributed by atoms with Gasteiger partial charge in [-0.2, -0.15) is 26.3 Å². The molecular formula is C20H19F6N3O3S. The molecule has 33 heavy (non-hydrogen) atoms. The summed E-state index contributed by atoms with van der Waals surface area (Å²) in [5.41, 5.74) is -1.58. The van der Waals surface area contributed by atoms with Gasteiger partial charge in [-0.25, -0.2) is 13.1 Å². The number of rotatable bonds is 5. The lowest BCUT2D eigenvalue weighted by molar-refractivity contribution is -0.138. The summed E-state index contributed by atoms with van der Waals surface area (Å²) in [5, 5.41) is 0. The summed E-state index contributed by atoms with van der Waals surface area (Å²) in [6.45, 7) is 0.0731. The molecule has 0 aromatic heterocycles. The van der Waals surface area contributed by atoms with Crippen molar-refractivity contribution in [1.29, 1.82) is 0 Å². The van der Waals surface area contributed by atoms with Crippen molar-refractivity contribution in [3.8, 4) is 0 Å². The fourth-order valence-corrected chi connectivity index (χ4v) is 4.30. The number of piperazine rings is 1. The third kappa shape index (κ3) is 6.16. The smallest absolute Gasteiger partial charge is 0.368 e. The maximum Gasteiger partial charge on any atom is 0.416 e. The summed E-state index contributed by atoms with van der Waals surface area (Å²) in [6, 6.07) is 7.92. The number of anilines is 1. The predicted molar refractivity (Wildman–Crippen MR) is 107 cm³/mol. The SMILES string of the molecule is O=C(CNS(=O)(=O)c1cccc(C(F)(F)F)c1)N1CCN(c2cccc(C(F)(F)F)c2)CC1. The van der Waals surface area contributed by atoms with E-state index >= 15 is 0 Å². The third-order valence-electron chi connectivity index (χ3n) is 5.06. The van der Waals surface area contributed by atoms with Crippen LogP contribution in [-0.4, -0.2) is 51.9 Å². The maximum absolute atomic E-state index is 12.9. The van der Waals surface area contributed by atoms with Gasteiger partial charge in [-0.15, -0.1) is 0 Å². The van der Waals surface area contributed by atoms with Crippen LogP contribution in [0.5, 0.6) is 0 Å². The molecule has 0 spiro atoms. The van der Waals surface area contributed by atoms with Gasteiger partial charge in [0, 0.05) is 31.9 Å². The zero-order valence-corrected chi connectivity index (χ0v) is 17.8. The molecule has 1 saturated heterocycles. The molecule has 0 unspecified atom stereocenters. The Morgan fingerprint density at radius 1 is 0.848 bits per heavy atom. The molecule has 1 N–H and O–H groups in total. The predicted octanol–water partition coefficient (Wildman–Crippen LogP) is 3.35. The molecule has 0 atom stereocenters. The van der Waals surface area contributed by atoms with Gasteiger partial charge in [0.2, 0.25) is 15.9 Å². The van der Waals surface area contributed by atoms with Crippen molar-refractivity contribution in [3.63, 3.8) is 0 Å².